The van der Waals surface area contributed by atoms with Gasteiger partial charge in [-0.05, 0) is 28.5 Å². The van der Waals surface area contributed by atoms with Crippen molar-refractivity contribution in [2.75, 3.05) is 0 Å². The Labute approximate surface area is 92.9 Å². The summed E-state index contributed by atoms with van der Waals surface area (Å²) in [5.41, 5.74) is 0.387. The maximum atomic E-state index is 10.8. The smallest absolute Gasteiger partial charge is 0.269 e. The average molecular weight is 238 g/mol. The molecule has 0 spiro atoms. The topological polar surface area (TPSA) is 74.6 Å². The van der Waals surface area contributed by atoms with E-state index in [1.807, 2.05) is 0 Å². The molecule has 2 aromatic carbocycles. The summed E-state index contributed by atoms with van der Waals surface area (Å²) >= 11 is 0. The molecular weight excluding hydrogens is 228 g/mol. The van der Waals surface area contributed by atoms with E-state index in [2.05, 4.69) is 0 Å². The van der Waals surface area contributed by atoms with Crippen molar-refractivity contribution in [1.29, 1.82) is 0 Å². The van der Waals surface area contributed by atoms with E-state index in [9.17, 15) is 13.5 Å². The third-order valence-corrected chi connectivity index (χ3v) is 2.95. The lowest BCUT2D eigenvalue weighted by Gasteiger charge is -2.05. The number of hydrogen-bond acceptors (Lipinski definition) is 3. The maximum absolute atomic E-state index is 10.8. The van der Waals surface area contributed by atoms with Crippen LogP contribution in [0.2, 0.25) is 0 Å². The first kappa shape index (κ1) is 10.9. The van der Waals surface area contributed by atoms with Crippen molar-refractivity contribution >= 4 is 20.9 Å². The van der Waals surface area contributed by atoms with E-state index in [1.54, 1.807) is 30.3 Å². The molecule has 0 saturated heterocycles. The summed E-state index contributed by atoms with van der Waals surface area (Å²) in [6.07, 6.45) is 0. The highest BCUT2D eigenvalue weighted by Gasteiger charge is 2.11. The van der Waals surface area contributed by atoms with E-state index in [4.69, 9.17) is 4.55 Å². The molecule has 0 fully saturated rings. The van der Waals surface area contributed by atoms with Gasteiger partial charge in [-0.3, -0.25) is 4.55 Å². The highest BCUT2D eigenvalue weighted by atomic mass is 32.2. The summed E-state index contributed by atoms with van der Waals surface area (Å²) < 4.78 is 30.5. The molecule has 0 aliphatic rings. The monoisotopic (exact) mass is 238 g/mol. The third kappa shape index (κ3) is 2.32. The van der Waals surface area contributed by atoms with Crippen LogP contribution in [0.5, 0.6) is 5.75 Å². The molecule has 2 aromatic rings. The molecule has 84 valence electrons. The fourth-order valence-corrected chi connectivity index (χ4v) is 2.32. The van der Waals surface area contributed by atoms with E-state index in [0.29, 0.717) is 10.9 Å². The van der Waals surface area contributed by atoms with Crippen molar-refractivity contribution in [3.8, 4) is 5.75 Å². The molecule has 0 atom stereocenters. The van der Waals surface area contributed by atoms with E-state index < -0.39 is 15.9 Å². The first-order chi connectivity index (χ1) is 7.46. The Morgan fingerprint density at radius 3 is 2.50 bits per heavy atom. The number of hydrogen-bond donors (Lipinski definition) is 2. The second-order valence-corrected chi connectivity index (χ2v) is 5.00. The van der Waals surface area contributed by atoms with Crippen molar-refractivity contribution in [2.45, 2.75) is 5.75 Å². The van der Waals surface area contributed by atoms with Gasteiger partial charge in [0.1, 0.15) is 11.5 Å². The fourth-order valence-electron chi connectivity index (χ4n) is 1.69. The summed E-state index contributed by atoms with van der Waals surface area (Å²) in [6, 6.07) is 9.96. The number of rotatable bonds is 2. The molecule has 0 aliphatic carbocycles. The second-order valence-electron chi connectivity index (χ2n) is 3.55. The molecule has 0 amide bonds. The van der Waals surface area contributed by atoms with Gasteiger partial charge >= 0.3 is 0 Å². The van der Waals surface area contributed by atoms with E-state index >= 15 is 0 Å². The molecule has 16 heavy (non-hydrogen) atoms. The van der Waals surface area contributed by atoms with Gasteiger partial charge in [0.15, 0.2) is 0 Å². The zero-order valence-electron chi connectivity index (χ0n) is 8.29. The van der Waals surface area contributed by atoms with Crippen molar-refractivity contribution in [3.05, 3.63) is 42.0 Å². The summed E-state index contributed by atoms with van der Waals surface area (Å²) in [5.74, 6) is -0.514. The molecule has 0 aromatic heterocycles. The summed E-state index contributed by atoms with van der Waals surface area (Å²) in [6.45, 7) is 0. The molecule has 0 saturated carbocycles. The third-order valence-electron chi connectivity index (χ3n) is 2.27. The lowest BCUT2D eigenvalue weighted by Crippen LogP contribution is -2.02. The first-order valence-corrected chi connectivity index (χ1v) is 6.22. The Bertz CT molecular complexity index is 631. The quantitative estimate of drug-likeness (QED) is 0.784. The average Bonchev–Trinajstić information content (AvgIpc) is 2.14. The van der Waals surface area contributed by atoms with Crippen LogP contribution in [0.4, 0.5) is 0 Å². The predicted molar refractivity (Wildman–Crippen MR) is 60.9 cm³/mol. The molecule has 0 radical (unpaired) electrons. The second kappa shape index (κ2) is 3.77. The Hall–Kier alpha value is -1.59. The Morgan fingerprint density at radius 1 is 1.12 bits per heavy atom. The van der Waals surface area contributed by atoms with Gasteiger partial charge < -0.3 is 5.11 Å². The van der Waals surface area contributed by atoms with Crippen LogP contribution >= 0.6 is 0 Å². The van der Waals surface area contributed by atoms with Crippen molar-refractivity contribution in [2.24, 2.45) is 0 Å². The Morgan fingerprint density at radius 2 is 1.81 bits per heavy atom. The van der Waals surface area contributed by atoms with Gasteiger partial charge in [0, 0.05) is 0 Å². The van der Waals surface area contributed by atoms with Crippen LogP contribution in [-0.2, 0) is 15.9 Å². The molecule has 0 heterocycles. The summed E-state index contributed by atoms with van der Waals surface area (Å²) in [5, 5.41) is 10.9. The molecule has 0 unspecified atom stereocenters. The minimum Gasteiger partial charge on any atom is -0.508 e. The molecule has 4 nitrogen and oxygen atoms in total. The predicted octanol–water partition coefficient (Wildman–Crippen LogP) is 1.93. The van der Waals surface area contributed by atoms with Crippen LogP contribution in [0.25, 0.3) is 10.8 Å². The molecule has 2 N–H and O–H groups in total. The molecule has 0 bridgehead atoms. The van der Waals surface area contributed by atoms with E-state index in [0.717, 1.165) is 5.39 Å². The van der Waals surface area contributed by atoms with Gasteiger partial charge in [-0.25, -0.2) is 0 Å². The summed E-state index contributed by atoms with van der Waals surface area (Å²) in [4.78, 5) is 0. The van der Waals surface area contributed by atoms with Crippen LogP contribution in [0.3, 0.4) is 0 Å². The van der Waals surface area contributed by atoms with Crippen LogP contribution in [0.15, 0.2) is 36.4 Å². The van der Waals surface area contributed by atoms with Crippen LogP contribution in [-0.4, -0.2) is 18.1 Å². The number of fused-ring (bicyclic) bond motifs is 1. The fraction of sp³-hybridized carbons (Fsp3) is 0.0909. The lowest BCUT2D eigenvalue weighted by atomic mass is 10.1. The van der Waals surface area contributed by atoms with E-state index in [1.165, 1.54) is 6.07 Å². The summed E-state index contributed by atoms with van der Waals surface area (Å²) in [7, 11) is -4.10. The molecule has 0 aliphatic heterocycles. The van der Waals surface area contributed by atoms with Crippen molar-refractivity contribution in [1.82, 2.24) is 0 Å². The SMILES string of the molecule is O=S(=O)(O)Cc1cc(O)cc2ccccc12. The van der Waals surface area contributed by atoms with Gasteiger partial charge in [-0.2, -0.15) is 8.42 Å². The normalized spacial score (nSPS) is 11.8. The number of phenolic OH excluding ortho intramolecular Hbond substituents is 1. The van der Waals surface area contributed by atoms with Crippen LogP contribution < -0.4 is 0 Å². The Kier molecular flexibility index (Phi) is 2.57. The highest BCUT2D eigenvalue weighted by molar-refractivity contribution is 7.85. The zero-order valence-corrected chi connectivity index (χ0v) is 9.11. The molecule has 2 rings (SSSR count). The minimum absolute atomic E-state index is 0.0163. The number of benzene rings is 2. The molecular formula is C11H10O4S. The largest absolute Gasteiger partial charge is 0.508 e. The van der Waals surface area contributed by atoms with Crippen molar-refractivity contribution < 1.29 is 18.1 Å². The Balaban J connectivity index is 2.68. The number of aromatic hydroxyl groups is 1. The van der Waals surface area contributed by atoms with Gasteiger partial charge in [0.05, 0.1) is 0 Å². The standard InChI is InChI=1S/C11H10O4S/c12-10-5-8-3-1-2-4-11(8)9(6-10)7-16(13,14)15/h1-6,12H,7H2,(H,13,14,15). The van der Waals surface area contributed by atoms with Gasteiger partial charge in [-0.1, -0.05) is 24.3 Å². The molecule has 5 heteroatoms. The maximum Gasteiger partial charge on any atom is 0.269 e. The van der Waals surface area contributed by atoms with Gasteiger partial charge in [0.2, 0.25) is 0 Å². The number of phenols is 1. The van der Waals surface area contributed by atoms with Gasteiger partial charge in [0.25, 0.3) is 10.1 Å². The van der Waals surface area contributed by atoms with Crippen LogP contribution in [0, 0.1) is 0 Å². The van der Waals surface area contributed by atoms with Crippen LogP contribution in [0.1, 0.15) is 5.56 Å². The van der Waals surface area contributed by atoms with Gasteiger partial charge in [-0.15, -0.1) is 0 Å². The van der Waals surface area contributed by atoms with E-state index in [-0.39, 0.29) is 5.75 Å². The minimum atomic E-state index is -4.10. The highest BCUT2D eigenvalue weighted by Crippen LogP contribution is 2.25. The first-order valence-electron chi connectivity index (χ1n) is 4.61. The van der Waals surface area contributed by atoms with Crippen molar-refractivity contribution in [3.63, 3.8) is 0 Å². The zero-order chi connectivity index (χ0) is 11.8. The lowest BCUT2D eigenvalue weighted by molar-refractivity contribution is 0.474.